The summed E-state index contributed by atoms with van der Waals surface area (Å²) < 4.78 is 11.0. The topological polar surface area (TPSA) is 93.7 Å². The number of carbonyl (C=O) groups excluding carboxylic acids is 3. The first-order valence-electron chi connectivity index (χ1n) is 10.6. The lowest BCUT2D eigenvalue weighted by Crippen LogP contribution is -2.48. The minimum Gasteiger partial charge on any atom is -0.489 e. The van der Waals surface area contributed by atoms with E-state index >= 15 is 0 Å². The molecular formula is C24H28N2O5. The molecule has 3 amide bonds. The Morgan fingerprint density at radius 1 is 0.968 bits per heavy atom. The molecule has 2 aromatic carbocycles. The number of ether oxygens (including phenoxy) is 2. The van der Waals surface area contributed by atoms with E-state index in [-0.39, 0.29) is 12.6 Å². The second-order valence-electron chi connectivity index (χ2n) is 7.60. The van der Waals surface area contributed by atoms with Crippen LogP contribution in [-0.4, -0.2) is 30.1 Å². The monoisotopic (exact) mass is 424 g/mol. The molecule has 0 bridgehead atoms. The number of imide groups is 1. The molecule has 3 rings (SSSR count). The molecule has 0 spiro atoms. The molecule has 1 aliphatic carbocycles. The standard InChI is InChI=1S/C24H28N2O5/c1-17(22(27)26-24(29)25-19-11-4-2-5-12-19)31-23(28)21-15-9-8-10-18(21)16-30-20-13-6-3-7-14-20/h3,6-10,13-15,17,19H,2,4-5,11-12,16H2,1H3,(H2,25,26,27,29)/t17-/m1/s1. The molecule has 0 radical (unpaired) electrons. The van der Waals surface area contributed by atoms with Crippen LogP contribution in [0.2, 0.25) is 0 Å². The van der Waals surface area contributed by atoms with Crippen molar-refractivity contribution in [3.05, 3.63) is 65.7 Å². The van der Waals surface area contributed by atoms with Gasteiger partial charge in [0.15, 0.2) is 6.10 Å². The van der Waals surface area contributed by atoms with Gasteiger partial charge in [0.05, 0.1) is 5.56 Å². The molecule has 0 aliphatic heterocycles. The van der Waals surface area contributed by atoms with Gasteiger partial charge >= 0.3 is 12.0 Å². The third kappa shape index (κ3) is 6.84. The van der Waals surface area contributed by atoms with E-state index in [0.717, 1.165) is 25.7 Å². The third-order valence-corrected chi connectivity index (χ3v) is 5.20. The number of hydrogen-bond acceptors (Lipinski definition) is 5. The van der Waals surface area contributed by atoms with Gasteiger partial charge < -0.3 is 14.8 Å². The number of amides is 3. The maximum atomic E-state index is 12.6. The zero-order valence-electron chi connectivity index (χ0n) is 17.6. The van der Waals surface area contributed by atoms with Crippen LogP contribution >= 0.6 is 0 Å². The van der Waals surface area contributed by atoms with Gasteiger partial charge in [0.2, 0.25) is 0 Å². The van der Waals surface area contributed by atoms with Crippen molar-refractivity contribution in [2.24, 2.45) is 0 Å². The normalized spacial score (nSPS) is 14.9. The average molecular weight is 424 g/mol. The van der Waals surface area contributed by atoms with Crippen molar-refractivity contribution in [2.45, 2.75) is 57.8 Å². The van der Waals surface area contributed by atoms with Crippen molar-refractivity contribution in [2.75, 3.05) is 0 Å². The highest BCUT2D eigenvalue weighted by molar-refractivity contribution is 5.98. The van der Waals surface area contributed by atoms with Gasteiger partial charge in [0.1, 0.15) is 12.4 Å². The maximum Gasteiger partial charge on any atom is 0.339 e. The van der Waals surface area contributed by atoms with Crippen LogP contribution in [0.25, 0.3) is 0 Å². The number of carbonyl (C=O) groups is 3. The Hall–Kier alpha value is -3.35. The number of rotatable bonds is 7. The molecule has 0 saturated heterocycles. The lowest BCUT2D eigenvalue weighted by molar-refractivity contribution is -0.127. The molecule has 7 nitrogen and oxygen atoms in total. The fourth-order valence-corrected chi connectivity index (χ4v) is 3.48. The lowest BCUT2D eigenvalue weighted by Gasteiger charge is -2.23. The van der Waals surface area contributed by atoms with Crippen LogP contribution in [0, 0.1) is 0 Å². The molecular weight excluding hydrogens is 396 g/mol. The molecule has 2 N–H and O–H groups in total. The highest BCUT2D eigenvalue weighted by Gasteiger charge is 2.23. The summed E-state index contributed by atoms with van der Waals surface area (Å²) in [5.41, 5.74) is 0.948. The molecule has 7 heteroatoms. The summed E-state index contributed by atoms with van der Waals surface area (Å²) in [7, 11) is 0. The van der Waals surface area contributed by atoms with E-state index in [9.17, 15) is 14.4 Å². The highest BCUT2D eigenvalue weighted by Crippen LogP contribution is 2.18. The molecule has 0 heterocycles. The smallest absolute Gasteiger partial charge is 0.339 e. The SMILES string of the molecule is C[C@@H](OC(=O)c1ccccc1COc1ccccc1)C(=O)NC(=O)NC1CCCCC1. The number of para-hydroxylation sites is 1. The summed E-state index contributed by atoms with van der Waals surface area (Å²) in [5, 5.41) is 5.06. The first kappa shape index (κ1) is 22.3. The predicted molar refractivity (Wildman–Crippen MR) is 116 cm³/mol. The van der Waals surface area contributed by atoms with Crippen LogP contribution < -0.4 is 15.4 Å². The van der Waals surface area contributed by atoms with E-state index in [1.54, 1.807) is 24.3 Å². The number of esters is 1. The summed E-state index contributed by atoms with van der Waals surface area (Å²) in [5.74, 6) is -0.635. The molecule has 1 aliphatic rings. The van der Waals surface area contributed by atoms with E-state index in [0.29, 0.717) is 16.9 Å². The summed E-state index contributed by atoms with van der Waals surface area (Å²) in [4.78, 5) is 37.0. The molecule has 31 heavy (non-hydrogen) atoms. The summed E-state index contributed by atoms with van der Waals surface area (Å²) in [6, 6.07) is 15.7. The first-order chi connectivity index (χ1) is 15.0. The van der Waals surface area contributed by atoms with Crippen LogP contribution in [0.15, 0.2) is 54.6 Å². The fourth-order valence-electron chi connectivity index (χ4n) is 3.48. The quantitative estimate of drug-likeness (QED) is 0.656. The lowest BCUT2D eigenvalue weighted by atomic mass is 9.96. The molecule has 0 unspecified atom stereocenters. The van der Waals surface area contributed by atoms with Crippen LogP contribution in [0.5, 0.6) is 5.75 Å². The highest BCUT2D eigenvalue weighted by atomic mass is 16.5. The zero-order chi connectivity index (χ0) is 22.1. The largest absolute Gasteiger partial charge is 0.489 e. The first-order valence-corrected chi connectivity index (χ1v) is 10.6. The van der Waals surface area contributed by atoms with E-state index in [4.69, 9.17) is 9.47 Å². The molecule has 0 aromatic heterocycles. The maximum absolute atomic E-state index is 12.6. The number of urea groups is 1. The van der Waals surface area contributed by atoms with Crippen molar-refractivity contribution >= 4 is 17.9 Å². The van der Waals surface area contributed by atoms with Gasteiger partial charge in [-0.15, -0.1) is 0 Å². The molecule has 2 aromatic rings. The Kier molecular flexibility index (Phi) is 8.04. The van der Waals surface area contributed by atoms with Crippen LogP contribution in [0.3, 0.4) is 0 Å². The Labute approximate surface area is 182 Å². The van der Waals surface area contributed by atoms with Gasteiger partial charge in [0, 0.05) is 11.6 Å². The van der Waals surface area contributed by atoms with Crippen molar-refractivity contribution < 1.29 is 23.9 Å². The molecule has 164 valence electrons. The van der Waals surface area contributed by atoms with Crippen LogP contribution in [-0.2, 0) is 16.1 Å². The Morgan fingerprint density at radius 3 is 2.39 bits per heavy atom. The predicted octanol–water partition coefficient (Wildman–Crippen LogP) is 3.97. The van der Waals surface area contributed by atoms with E-state index < -0.39 is 24.0 Å². The van der Waals surface area contributed by atoms with Gasteiger partial charge in [0.25, 0.3) is 5.91 Å². The Balaban J connectivity index is 1.52. The summed E-state index contributed by atoms with van der Waals surface area (Å²) in [6.07, 6.45) is 4.01. The zero-order valence-corrected chi connectivity index (χ0v) is 17.6. The van der Waals surface area contributed by atoms with Gasteiger partial charge in [-0.25, -0.2) is 9.59 Å². The van der Waals surface area contributed by atoms with Gasteiger partial charge in [-0.2, -0.15) is 0 Å². The van der Waals surface area contributed by atoms with Crippen molar-refractivity contribution in [3.8, 4) is 5.75 Å². The Morgan fingerprint density at radius 2 is 1.65 bits per heavy atom. The second kappa shape index (κ2) is 11.2. The minimum atomic E-state index is -1.12. The minimum absolute atomic E-state index is 0.0795. The summed E-state index contributed by atoms with van der Waals surface area (Å²) in [6.45, 7) is 1.61. The van der Waals surface area contributed by atoms with Gasteiger partial charge in [-0.1, -0.05) is 55.7 Å². The van der Waals surface area contributed by atoms with Crippen LogP contribution in [0.1, 0.15) is 54.9 Å². The third-order valence-electron chi connectivity index (χ3n) is 5.20. The Bertz CT molecular complexity index is 894. The fraction of sp³-hybridized carbons (Fsp3) is 0.375. The molecule has 1 atom stereocenters. The molecule has 1 fully saturated rings. The van der Waals surface area contributed by atoms with Gasteiger partial charge in [-0.3, -0.25) is 10.1 Å². The summed E-state index contributed by atoms with van der Waals surface area (Å²) >= 11 is 0. The second-order valence-corrected chi connectivity index (χ2v) is 7.60. The van der Waals surface area contributed by atoms with Crippen molar-refractivity contribution in [1.29, 1.82) is 0 Å². The van der Waals surface area contributed by atoms with Gasteiger partial charge in [-0.05, 0) is 38.0 Å². The van der Waals surface area contributed by atoms with E-state index in [1.165, 1.54) is 13.3 Å². The number of hydrogen-bond donors (Lipinski definition) is 2. The number of nitrogens with one attached hydrogen (secondary N) is 2. The van der Waals surface area contributed by atoms with Crippen molar-refractivity contribution in [3.63, 3.8) is 0 Å². The number of benzene rings is 2. The van der Waals surface area contributed by atoms with Crippen molar-refractivity contribution in [1.82, 2.24) is 10.6 Å². The molecule has 1 saturated carbocycles. The van der Waals surface area contributed by atoms with E-state index in [1.807, 2.05) is 30.3 Å². The van der Waals surface area contributed by atoms with Crippen LogP contribution in [0.4, 0.5) is 4.79 Å². The average Bonchev–Trinajstić information content (AvgIpc) is 2.79. The van der Waals surface area contributed by atoms with E-state index in [2.05, 4.69) is 10.6 Å².